The average Bonchev–Trinajstić information content (AvgIpc) is 2.81. The molecule has 2 N–H and O–H groups in total. The van der Waals surface area contributed by atoms with E-state index in [1.807, 2.05) is 12.1 Å². The Morgan fingerprint density at radius 1 is 1.47 bits per heavy atom. The van der Waals surface area contributed by atoms with Crippen molar-refractivity contribution in [3.8, 4) is 0 Å². The van der Waals surface area contributed by atoms with E-state index in [0.717, 1.165) is 18.7 Å². The maximum Gasteiger partial charge on any atom is 0.274 e. The molecule has 2 rings (SSSR count). The van der Waals surface area contributed by atoms with Crippen molar-refractivity contribution in [1.29, 1.82) is 0 Å². The van der Waals surface area contributed by atoms with E-state index in [1.165, 1.54) is 5.56 Å². The van der Waals surface area contributed by atoms with Gasteiger partial charge in [-0.1, -0.05) is 6.07 Å². The van der Waals surface area contributed by atoms with Crippen molar-refractivity contribution in [3.63, 3.8) is 0 Å². The van der Waals surface area contributed by atoms with Crippen molar-refractivity contribution >= 4 is 11.6 Å². The molecule has 0 aromatic heterocycles. The van der Waals surface area contributed by atoms with Crippen molar-refractivity contribution in [1.82, 2.24) is 5.48 Å². The van der Waals surface area contributed by atoms with E-state index in [0.29, 0.717) is 18.8 Å². The fraction of sp³-hybridized carbons (Fsp3) is 0.417. The summed E-state index contributed by atoms with van der Waals surface area (Å²) in [5.74, 6) is -0.238. The first-order valence-electron chi connectivity index (χ1n) is 5.59. The van der Waals surface area contributed by atoms with Crippen LogP contribution < -0.4 is 10.8 Å². The van der Waals surface area contributed by atoms with Crippen LogP contribution in [0.5, 0.6) is 0 Å². The molecular formula is C12H16N2O3. The molecule has 17 heavy (non-hydrogen) atoms. The molecule has 0 bridgehead atoms. The molecule has 0 unspecified atom stereocenters. The van der Waals surface area contributed by atoms with Crippen LogP contribution in [0.4, 0.5) is 5.69 Å². The number of anilines is 1. The van der Waals surface area contributed by atoms with Gasteiger partial charge in [-0.25, -0.2) is 5.48 Å². The Balaban J connectivity index is 1.91. The number of benzene rings is 1. The van der Waals surface area contributed by atoms with Gasteiger partial charge in [0.1, 0.15) is 0 Å². The van der Waals surface area contributed by atoms with Gasteiger partial charge in [-0.15, -0.1) is 0 Å². The van der Waals surface area contributed by atoms with Gasteiger partial charge in [-0.3, -0.25) is 9.63 Å². The minimum absolute atomic E-state index is 0.238. The number of rotatable bonds is 5. The number of carbonyl (C=O) groups is 1. The molecule has 0 saturated heterocycles. The molecule has 0 spiro atoms. The second-order valence-electron chi connectivity index (χ2n) is 3.82. The summed E-state index contributed by atoms with van der Waals surface area (Å²) in [6, 6.07) is 5.62. The molecule has 1 aromatic carbocycles. The molecule has 1 aliphatic rings. The van der Waals surface area contributed by atoms with Crippen molar-refractivity contribution in [2.24, 2.45) is 0 Å². The maximum absolute atomic E-state index is 11.7. The van der Waals surface area contributed by atoms with Crippen LogP contribution in [-0.4, -0.2) is 32.8 Å². The number of methoxy groups -OCH3 is 1. The second kappa shape index (κ2) is 5.65. The van der Waals surface area contributed by atoms with Gasteiger partial charge < -0.3 is 10.1 Å². The fourth-order valence-corrected chi connectivity index (χ4v) is 1.73. The van der Waals surface area contributed by atoms with Gasteiger partial charge in [-0.05, 0) is 24.1 Å². The summed E-state index contributed by atoms with van der Waals surface area (Å²) < 4.78 is 4.80. The number of hydrogen-bond donors (Lipinski definition) is 2. The lowest BCUT2D eigenvalue weighted by Crippen LogP contribution is -2.25. The number of amides is 1. The van der Waals surface area contributed by atoms with Gasteiger partial charge in [0.05, 0.1) is 13.2 Å². The third-order valence-electron chi connectivity index (χ3n) is 2.64. The number of nitrogens with one attached hydrogen (secondary N) is 2. The Labute approximate surface area is 100 Å². The van der Waals surface area contributed by atoms with E-state index < -0.39 is 0 Å². The highest BCUT2D eigenvalue weighted by molar-refractivity contribution is 5.94. The first-order chi connectivity index (χ1) is 8.31. The molecule has 0 aliphatic carbocycles. The van der Waals surface area contributed by atoms with Crippen LogP contribution >= 0.6 is 0 Å². The van der Waals surface area contributed by atoms with Crippen LogP contribution in [0.1, 0.15) is 15.9 Å². The summed E-state index contributed by atoms with van der Waals surface area (Å²) in [5.41, 5.74) is 5.26. The van der Waals surface area contributed by atoms with Gasteiger partial charge in [-0.2, -0.15) is 0 Å². The topological polar surface area (TPSA) is 59.6 Å². The Hall–Kier alpha value is -1.59. The van der Waals surface area contributed by atoms with E-state index in [-0.39, 0.29) is 5.91 Å². The molecule has 5 nitrogen and oxygen atoms in total. The van der Waals surface area contributed by atoms with E-state index >= 15 is 0 Å². The predicted octanol–water partition coefficient (Wildman–Crippen LogP) is 0.962. The van der Waals surface area contributed by atoms with E-state index in [4.69, 9.17) is 9.57 Å². The molecular weight excluding hydrogens is 220 g/mol. The van der Waals surface area contributed by atoms with Gasteiger partial charge in [0, 0.05) is 24.9 Å². The maximum atomic E-state index is 11.7. The van der Waals surface area contributed by atoms with Crippen LogP contribution in [0.15, 0.2) is 18.2 Å². The lowest BCUT2D eigenvalue weighted by Gasteiger charge is -2.07. The van der Waals surface area contributed by atoms with Crippen LogP contribution in [-0.2, 0) is 16.0 Å². The molecule has 0 fully saturated rings. The SMILES string of the molecule is COCCONC(=O)c1ccc2c(c1)NCC2. The number of hydrogen-bond acceptors (Lipinski definition) is 4. The molecule has 1 aromatic rings. The number of hydroxylamine groups is 1. The molecule has 1 heterocycles. The predicted molar refractivity (Wildman–Crippen MR) is 63.9 cm³/mol. The molecule has 92 valence electrons. The summed E-state index contributed by atoms with van der Waals surface area (Å²) in [7, 11) is 1.58. The largest absolute Gasteiger partial charge is 0.384 e. The second-order valence-corrected chi connectivity index (χ2v) is 3.82. The van der Waals surface area contributed by atoms with Crippen LogP contribution in [0.2, 0.25) is 0 Å². The monoisotopic (exact) mass is 236 g/mol. The average molecular weight is 236 g/mol. The van der Waals surface area contributed by atoms with Crippen molar-refractivity contribution in [2.45, 2.75) is 6.42 Å². The van der Waals surface area contributed by atoms with Crippen molar-refractivity contribution in [2.75, 3.05) is 32.2 Å². The van der Waals surface area contributed by atoms with Crippen LogP contribution in [0.25, 0.3) is 0 Å². The number of ether oxygens (including phenoxy) is 1. The number of fused-ring (bicyclic) bond motifs is 1. The fourth-order valence-electron chi connectivity index (χ4n) is 1.73. The summed E-state index contributed by atoms with van der Waals surface area (Å²) in [6.45, 7) is 1.72. The van der Waals surface area contributed by atoms with Gasteiger partial charge >= 0.3 is 0 Å². The summed E-state index contributed by atoms with van der Waals surface area (Å²) in [6.07, 6.45) is 1.02. The highest BCUT2D eigenvalue weighted by Crippen LogP contribution is 2.22. The van der Waals surface area contributed by atoms with Crippen LogP contribution in [0, 0.1) is 0 Å². The third-order valence-corrected chi connectivity index (χ3v) is 2.64. The Morgan fingerprint density at radius 3 is 3.18 bits per heavy atom. The van der Waals surface area contributed by atoms with Crippen molar-refractivity contribution in [3.05, 3.63) is 29.3 Å². The zero-order valence-corrected chi connectivity index (χ0v) is 9.79. The van der Waals surface area contributed by atoms with E-state index in [1.54, 1.807) is 13.2 Å². The molecule has 5 heteroatoms. The normalized spacial score (nSPS) is 13.0. The molecule has 1 amide bonds. The first kappa shape index (κ1) is 11.9. The Bertz CT molecular complexity index is 407. The van der Waals surface area contributed by atoms with E-state index in [2.05, 4.69) is 10.8 Å². The molecule has 1 aliphatic heterocycles. The zero-order chi connectivity index (χ0) is 12.1. The van der Waals surface area contributed by atoms with E-state index in [9.17, 15) is 4.79 Å². The smallest absolute Gasteiger partial charge is 0.274 e. The first-order valence-corrected chi connectivity index (χ1v) is 5.59. The quantitative estimate of drug-likeness (QED) is 0.590. The summed E-state index contributed by atoms with van der Waals surface area (Å²) >= 11 is 0. The molecule has 0 saturated carbocycles. The van der Waals surface area contributed by atoms with Crippen LogP contribution in [0.3, 0.4) is 0 Å². The minimum Gasteiger partial charge on any atom is -0.384 e. The van der Waals surface area contributed by atoms with Gasteiger partial charge in [0.2, 0.25) is 0 Å². The van der Waals surface area contributed by atoms with Gasteiger partial charge in [0.15, 0.2) is 0 Å². The minimum atomic E-state index is -0.238. The zero-order valence-electron chi connectivity index (χ0n) is 9.79. The number of carbonyl (C=O) groups excluding carboxylic acids is 1. The lowest BCUT2D eigenvalue weighted by molar-refractivity contribution is 0.00889. The molecule has 0 atom stereocenters. The highest BCUT2D eigenvalue weighted by atomic mass is 16.7. The highest BCUT2D eigenvalue weighted by Gasteiger charge is 2.13. The third kappa shape index (κ3) is 2.95. The summed E-state index contributed by atoms with van der Waals surface area (Å²) in [5, 5.41) is 3.23. The van der Waals surface area contributed by atoms with Gasteiger partial charge in [0.25, 0.3) is 5.91 Å². The lowest BCUT2D eigenvalue weighted by atomic mass is 10.1. The Kier molecular flexibility index (Phi) is 3.95. The van der Waals surface area contributed by atoms with Crippen molar-refractivity contribution < 1.29 is 14.4 Å². The summed E-state index contributed by atoms with van der Waals surface area (Å²) in [4.78, 5) is 16.7. The molecule has 0 radical (unpaired) electrons. The Morgan fingerprint density at radius 2 is 2.35 bits per heavy atom. The standard InChI is InChI=1S/C12H16N2O3/c1-16-6-7-17-14-12(15)10-3-2-9-4-5-13-11(9)8-10/h2-3,8,13H,4-7H2,1H3,(H,14,15).